The molecule has 5 heteroatoms. The van der Waals surface area contributed by atoms with Crippen LogP contribution in [0.5, 0.6) is 0 Å². The van der Waals surface area contributed by atoms with E-state index in [2.05, 4.69) is 36.3 Å². The molecule has 1 atom stereocenters. The van der Waals surface area contributed by atoms with E-state index in [0.29, 0.717) is 28.1 Å². The fraction of sp³-hybridized carbons (Fsp3) is 0.167. The third-order valence-corrected chi connectivity index (χ3v) is 5.43. The maximum Gasteiger partial charge on any atom is 0.257 e. The van der Waals surface area contributed by atoms with Crippen LogP contribution in [0.3, 0.4) is 0 Å². The quantitative estimate of drug-likeness (QED) is 0.393. The number of rotatable bonds is 5. The Morgan fingerprint density at radius 3 is 2.59 bits per heavy atom. The summed E-state index contributed by atoms with van der Waals surface area (Å²) in [6.45, 7) is 4.38. The molecule has 4 aromatic rings. The number of aromatic nitrogens is 1. The lowest BCUT2D eigenvalue weighted by Crippen LogP contribution is -2.12. The Morgan fingerprint density at radius 2 is 1.86 bits per heavy atom. The highest BCUT2D eigenvalue weighted by atomic mass is 35.5. The van der Waals surface area contributed by atoms with Crippen molar-refractivity contribution in [3.05, 3.63) is 82.9 Å². The smallest absolute Gasteiger partial charge is 0.257 e. The molecule has 1 N–H and O–H groups in total. The lowest BCUT2D eigenvalue weighted by atomic mass is 9.98. The second-order valence-electron chi connectivity index (χ2n) is 7.07. The second kappa shape index (κ2) is 8.10. The Balaban J connectivity index is 1.54. The summed E-state index contributed by atoms with van der Waals surface area (Å²) in [5.74, 6) is 0.800. The van der Waals surface area contributed by atoms with Gasteiger partial charge in [-0.1, -0.05) is 43.6 Å². The number of carbonyl (C=O) groups is 1. The fourth-order valence-corrected chi connectivity index (χ4v) is 3.37. The van der Waals surface area contributed by atoms with Crippen molar-refractivity contribution in [1.82, 2.24) is 4.98 Å². The minimum atomic E-state index is -0.247. The third-order valence-electron chi connectivity index (χ3n) is 5.10. The van der Waals surface area contributed by atoms with E-state index in [1.807, 2.05) is 30.3 Å². The molecule has 0 saturated carbocycles. The molecule has 1 unspecified atom stereocenters. The van der Waals surface area contributed by atoms with Gasteiger partial charge in [-0.2, -0.15) is 0 Å². The van der Waals surface area contributed by atoms with E-state index in [1.54, 1.807) is 24.3 Å². The van der Waals surface area contributed by atoms with Crippen molar-refractivity contribution in [1.29, 1.82) is 0 Å². The van der Waals surface area contributed by atoms with Gasteiger partial charge in [-0.05, 0) is 66.4 Å². The molecule has 0 saturated heterocycles. The van der Waals surface area contributed by atoms with Crippen LogP contribution in [0.1, 0.15) is 42.1 Å². The van der Waals surface area contributed by atoms with Crippen LogP contribution in [-0.2, 0) is 0 Å². The summed E-state index contributed by atoms with van der Waals surface area (Å²) in [7, 11) is 0. The monoisotopic (exact) mass is 404 g/mol. The minimum Gasteiger partial charge on any atom is -0.436 e. The first-order valence-electron chi connectivity index (χ1n) is 9.62. The molecule has 1 amide bonds. The molecule has 4 nitrogen and oxygen atoms in total. The van der Waals surface area contributed by atoms with Gasteiger partial charge in [0.05, 0.1) is 10.6 Å². The van der Waals surface area contributed by atoms with Crippen molar-refractivity contribution in [2.45, 2.75) is 26.2 Å². The molecule has 146 valence electrons. The Morgan fingerprint density at radius 1 is 1.10 bits per heavy atom. The number of halogens is 1. The van der Waals surface area contributed by atoms with Crippen molar-refractivity contribution in [3.8, 4) is 11.5 Å². The van der Waals surface area contributed by atoms with Crippen LogP contribution < -0.4 is 5.32 Å². The second-order valence-corrected chi connectivity index (χ2v) is 7.47. The van der Waals surface area contributed by atoms with Crippen molar-refractivity contribution in [3.63, 3.8) is 0 Å². The highest BCUT2D eigenvalue weighted by Crippen LogP contribution is 2.28. The standard InChI is InChI=1S/C24H21ClN2O2/c1-3-15(2)17-10-13-22-21(14-17)27-24(29-22)16-8-11-18(12-9-16)26-23(28)19-6-4-5-7-20(19)25/h4-15H,3H2,1-2H3,(H,26,28). The first-order chi connectivity index (χ1) is 14.0. The molecule has 0 bridgehead atoms. The number of fused-ring (bicyclic) bond motifs is 1. The zero-order valence-corrected chi connectivity index (χ0v) is 17.0. The average Bonchev–Trinajstić information content (AvgIpc) is 3.17. The molecule has 4 rings (SSSR count). The third kappa shape index (κ3) is 4.03. The maximum atomic E-state index is 12.4. The van der Waals surface area contributed by atoms with E-state index >= 15 is 0 Å². The topological polar surface area (TPSA) is 55.1 Å². The van der Waals surface area contributed by atoms with Gasteiger partial charge in [0.15, 0.2) is 5.58 Å². The van der Waals surface area contributed by atoms with Crippen LogP contribution in [0.4, 0.5) is 5.69 Å². The number of hydrogen-bond acceptors (Lipinski definition) is 3. The van der Waals surface area contributed by atoms with Gasteiger partial charge in [0.1, 0.15) is 5.52 Å². The van der Waals surface area contributed by atoms with Crippen LogP contribution in [0.15, 0.2) is 71.1 Å². The predicted molar refractivity (Wildman–Crippen MR) is 118 cm³/mol. The lowest BCUT2D eigenvalue weighted by Gasteiger charge is -2.07. The molecule has 0 aliphatic heterocycles. The van der Waals surface area contributed by atoms with E-state index in [0.717, 1.165) is 23.1 Å². The Kier molecular flexibility index (Phi) is 5.36. The molecule has 0 spiro atoms. The molecular formula is C24H21ClN2O2. The van der Waals surface area contributed by atoms with E-state index in [1.165, 1.54) is 5.56 Å². The van der Waals surface area contributed by atoms with Crippen LogP contribution in [0.2, 0.25) is 5.02 Å². The first-order valence-corrected chi connectivity index (χ1v) is 9.99. The average molecular weight is 405 g/mol. The van der Waals surface area contributed by atoms with Crippen LogP contribution in [0, 0.1) is 0 Å². The Bertz CT molecular complexity index is 1170. The Labute approximate surface area is 174 Å². The largest absolute Gasteiger partial charge is 0.436 e. The van der Waals surface area contributed by atoms with Gasteiger partial charge in [-0.15, -0.1) is 0 Å². The summed E-state index contributed by atoms with van der Waals surface area (Å²) in [4.78, 5) is 17.0. The van der Waals surface area contributed by atoms with Crippen molar-refractivity contribution < 1.29 is 9.21 Å². The zero-order valence-electron chi connectivity index (χ0n) is 16.3. The lowest BCUT2D eigenvalue weighted by molar-refractivity contribution is 0.102. The van der Waals surface area contributed by atoms with E-state index < -0.39 is 0 Å². The van der Waals surface area contributed by atoms with Gasteiger partial charge >= 0.3 is 0 Å². The Hall–Kier alpha value is -3.11. The minimum absolute atomic E-state index is 0.247. The summed E-state index contributed by atoms with van der Waals surface area (Å²) < 4.78 is 5.91. The van der Waals surface area contributed by atoms with Gasteiger partial charge in [0, 0.05) is 11.3 Å². The summed E-state index contributed by atoms with van der Waals surface area (Å²) in [5.41, 5.74) is 4.85. The molecule has 1 aromatic heterocycles. The van der Waals surface area contributed by atoms with E-state index in [9.17, 15) is 4.79 Å². The van der Waals surface area contributed by atoms with Crippen LogP contribution in [-0.4, -0.2) is 10.9 Å². The van der Waals surface area contributed by atoms with Crippen LogP contribution >= 0.6 is 11.6 Å². The molecule has 1 heterocycles. The number of carbonyl (C=O) groups excluding carboxylic acids is 1. The van der Waals surface area contributed by atoms with Crippen molar-refractivity contribution in [2.24, 2.45) is 0 Å². The van der Waals surface area contributed by atoms with Gasteiger partial charge in [0.25, 0.3) is 5.91 Å². The predicted octanol–water partition coefficient (Wildman–Crippen LogP) is 6.91. The van der Waals surface area contributed by atoms with Gasteiger partial charge < -0.3 is 9.73 Å². The number of nitrogens with one attached hydrogen (secondary N) is 1. The number of nitrogens with zero attached hydrogens (tertiary/aromatic N) is 1. The SMILES string of the molecule is CCC(C)c1ccc2oc(-c3ccc(NC(=O)c4ccccc4Cl)cc3)nc2c1. The van der Waals surface area contributed by atoms with Crippen LogP contribution in [0.25, 0.3) is 22.6 Å². The van der Waals surface area contributed by atoms with Crippen molar-refractivity contribution >= 4 is 34.3 Å². The number of oxazole rings is 1. The van der Waals surface area contributed by atoms with E-state index in [-0.39, 0.29) is 5.91 Å². The maximum absolute atomic E-state index is 12.4. The molecule has 0 aliphatic rings. The van der Waals surface area contributed by atoms with Gasteiger partial charge in [-0.3, -0.25) is 4.79 Å². The number of anilines is 1. The highest BCUT2D eigenvalue weighted by molar-refractivity contribution is 6.34. The summed E-state index contributed by atoms with van der Waals surface area (Å²) >= 11 is 6.09. The summed E-state index contributed by atoms with van der Waals surface area (Å²) in [5, 5.41) is 3.28. The van der Waals surface area contributed by atoms with E-state index in [4.69, 9.17) is 16.0 Å². The zero-order chi connectivity index (χ0) is 20.4. The molecule has 0 radical (unpaired) electrons. The number of amides is 1. The first kappa shape index (κ1) is 19.2. The normalized spacial score (nSPS) is 12.1. The fourth-order valence-electron chi connectivity index (χ4n) is 3.15. The van der Waals surface area contributed by atoms with Gasteiger partial charge in [0.2, 0.25) is 5.89 Å². The molecule has 0 fully saturated rings. The molecule has 29 heavy (non-hydrogen) atoms. The van der Waals surface area contributed by atoms with Crippen molar-refractivity contribution in [2.75, 3.05) is 5.32 Å². The molecule has 3 aromatic carbocycles. The van der Waals surface area contributed by atoms with Gasteiger partial charge in [-0.25, -0.2) is 4.98 Å². The summed E-state index contributed by atoms with van der Waals surface area (Å²) in [6, 6.07) is 20.5. The molecule has 0 aliphatic carbocycles. The number of benzene rings is 3. The molecular weight excluding hydrogens is 384 g/mol. The number of hydrogen-bond donors (Lipinski definition) is 1. The highest BCUT2D eigenvalue weighted by Gasteiger charge is 2.12. The summed E-state index contributed by atoms with van der Waals surface area (Å²) in [6.07, 6.45) is 1.08.